The van der Waals surface area contributed by atoms with Crippen molar-refractivity contribution in [1.29, 1.82) is 0 Å². The number of oxazole rings is 1. The molecule has 5 rings (SSSR count). The summed E-state index contributed by atoms with van der Waals surface area (Å²) in [6, 6.07) is 19.6. The van der Waals surface area contributed by atoms with Crippen LogP contribution in [0.3, 0.4) is 0 Å². The predicted molar refractivity (Wildman–Crippen MR) is 118 cm³/mol. The Morgan fingerprint density at radius 1 is 1.17 bits per heavy atom. The molecule has 5 heteroatoms. The number of aliphatic hydroxyl groups is 1. The van der Waals surface area contributed by atoms with E-state index < -0.39 is 5.41 Å². The number of benzene rings is 3. The molecule has 4 aromatic rings. The smallest absolute Gasteiger partial charge is 0.235 e. The Bertz CT molecular complexity index is 1240. The molecule has 0 atom stereocenters. The largest absolute Gasteiger partial charge is 0.443 e. The van der Waals surface area contributed by atoms with E-state index in [2.05, 4.69) is 10.3 Å². The summed E-state index contributed by atoms with van der Waals surface area (Å²) < 4.78 is 5.32. The number of rotatable bonds is 5. The van der Waals surface area contributed by atoms with Crippen molar-refractivity contribution in [3.05, 3.63) is 83.7 Å². The standard InChI is InChI=1S/C25H22N2O3.H2/c1-16-20(18-7-5-17(14-28)6-8-18)3-2-4-21(16)27-24(29)25(11-12-25)19-9-10-23-22(13-19)26-15-30-23;/h2-10,13,15,28H,11-12,14H2,1H3,(H,27,29);1H. The molecule has 5 nitrogen and oxygen atoms in total. The number of carbonyl (C=O) groups excluding carboxylic acids is 1. The molecule has 152 valence electrons. The Labute approximate surface area is 175 Å². The number of aromatic nitrogens is 1. The van der Waals surface area contributed by atoms with E-state index in [1.54, 1.807) is 0 Å². The lowest BCUT2D eigenvalue weighted by Gasteiger charge is -2.18. The van der Waals surface area contributed by atoms with Crippen LogP contribution in [0.25, 0.3) is 22.2 Å². The Morgan fingerprint density at radius 3 is 2.70 bits per heavy atom. The van der Waals surface area contributed by atoms with Crippen LogP contribution in [0.2, 0.25) is 0 Å². The third kappa shape index (κ3) is 3.08. The van der Waals surface area contributed by atoms with Gasteiger partial charge in [-0.05, 0) is 65.8 Å². The van der Waals surface area contributed by atoms with Gasteiger partial charge in [0.2, 0.25) is 5.91 Å². The predicted octanol–water partition coefficient (Wildman–Crippen LogP) is 5.21. The first-order chi connectivity index (χ1) is 14.6. The van der Waals surface area contributed by atoms with E-state index in [0.717, 1.165) is 57.4 Å². The molecule has 0 radical (unpaired) electrons. The SMILES string of the molecule is Cc1c(NC(=O)C2(c3ccc4ocnc4c3)CC2)cccc1-c1ccc(CO)cc1.[HH]. The first kappa shape index (κ1) is 18.6. The van der Waals surface area contributed by atoms with Crippen molar-refractivity contribution in [2.75, 3.05) is 5.32 Å². The second kappa shape index (κ2) is 7.11. The second-order valence-corrected chi connectivity index (χ2v) is 7.90. The van der Waals surface area contributed by atoms with Crippen LogP contribution < -0.4 is 5.32 Å². The van der Waals surface area contributed by atoms with Crippen LogP contribution in [0.1, 0.15) is 31.0 Å². The molecular formula is C25H24N2O3. The first-order valence-electron chi connectivity index (χ1n) is 10.1. The monoisotopic (exact) mass is 400 g/mol. The van der Waals surface area contributed by atoms with Crippen molar-refractivity contribution in [2.45, 2.75) is 31.8 Å². The molecule has 0 aliphatic heterocycles. The summed E-state index contributed by atoms with van der Waals surface area (Å²) in [7, 11) is 0. The van der Waals surface area contributed by atoms with Crippen molar-refractivity contribution >= 4 is 22.7 Å². The van der Waals surface area contributed by atoms with Crippen LogP contribution in [0.4, 0.5) is 5.69 Å². The molecule has 1 fully saturated rings. The minimum absolute atomic E-state index is 0. The Kier molecular flexibility index (Phi) is 4.40. The van der Waals surface area contributed by atoms with Gasteiger partial charge in [0, 0.05) is 7.11 Å². The van der Waals surface area contributed by atoms with Crippen molar-refractivity contribution in [2.24, 2.45) is 0 Å². The number of anilines is 1. The van der Waals surface area contributed by atoms with Gasteiger partial charge in [-0.15, -0.1) is 0 Å². The molecule has 0 unspecified atom stereocenters. The van der Waals surface area contributed by atoms with E-state index in [1.165, 1.54) is 6.39 Å². The molecule has 1 aromatic heterocycles. The highest BCUT2D eigenvalue weighted by Crippen LogP contribution is 2.49. The molecule has 1 aliphatic carbocycles. The number of hydrogen-bond acceptors (Lipinski definition) is 4. The number of hydrogen-bond donors (Lipinski definition) is 2. The maximum Gasteiger partial charge on any atom is 0.235 e. The number of nitrogens with one attached hydrogen (secondary N) is 1. The van der Waals surface area contributed by atoms with E-state index in [9.17, 15) is 9.90 Å². The Morgan fingerprint density at radius 2 is 1.97 bits per heavy atom. The lowest BCUT2D eigenvalue weighted by molar-refractivity contribution is -0.118. The average molecular weight is 400 g/mol. The lowest BCUT2D eigenvalue weighted by Crippen LogP contribution is -2.28. The summed E-state index contributed by atoms with van der Waals surface area (Å²) >= 11 is 0. The number of amides is 1. The molecule has 1 aliphatic rings. The second-order valence-electron chi connectivity index (χ2n) is 7.90. The van der Waals surface area contributed by atoms with Gasteiger partial charge in [0.1, 0.15) is 5.52 Å². The van der Waals surface area contributed by atoms with Crippen LogP contribution in [0.5, 0.6) is 0 Å². The van der Waals surface area contributed by atoms with Crippen LogP contribution >= 0.6 is 0 Å². The van der Waals surface area contributed by atoms with Crippen molar-refractivity contribution < 1.29 is 15.7 Å². The van der Waals surface area contributed by atoms with E-state index in [-0.39, 0.29) is 13.9 Å². The van der Waals surface area contributed by atoms with Gasteiger partial charge >= 0.3 is 0 Å². The highest BCUT2D eigenvalue weighted by atomic mass is 16.3. The third-order valence-corrected chi connectivity index (χ3v) is 6.10. The van der Waals surface area contributed by atoms with Crippen LogP contribution in [0, 0.1) is 6.92 Å². The minimum Gasteiger partial charge on any atom is -0.443 e. The number of nitrogens with zero attached hydrogens (tertiary/aromatic N) is 1. The maximum absolute atomic E-state index is 13.3. The van der Waals surface area contributed by atoms with E-state index in [0.29, 0.717) is 0 Å². The summed E-state index contributed by atoms with van der Waals surface area (Å²) in [6.07, 6.45) is 3.07. The van der Waals surface area contributed by atoms with E-state index in [4.69, 9.17) is 4.42 Å². The molecular weight excluding hydrogens is 376 g/mol. The van der Waals surface area contributed by atoms with Crippen LogP contribution in [-0.4, -0.2) is 16.0 Å². The zero-order chi connectivity index (χ0) is 20.7. The van der Waals surface area contributed by atoms with Crippen molar-refractivity contribution in [1.82, 2.24) is 4.98 Å². The minimum atomic E-state index is -0.502. The van der Waals surface area contributed by atoms with E-state index >= 15 is 0 Å². The normalized spacial score (nSPS) is 14.6. The first-order valence-corrected chi connectivity index (χ1v) is 10.1. The Balaban J connectivity index is 0.00000231. The molecule has 30 heavy (non-hydrogen) atoms. The summed E-state index contributed by atoms with van der Waals surface area (Å²) in [5.74, 6) is 0.0150. The van der Waals surface area contributed by atoms with Gasteiger partial charge in [-0.25, -0.2) is 4.98 Å². The van der Waals surface area contributed by atoms with Gasteiger partial charge in [0.15, 0.2) is 12.0 Å². The number of carbonyl (C=O) groups is 1. The van der Waals surface area contributed by atoms with Crippen molar-refractivity contribution in [3.63, 3.8) is 0 Å². The summed E-state index contributed by atoms with van der Waals surface area (Å²) in [6.45, 7) is 2.05. The van der Waals surface area contributed by atoms with Crippen LogP contribution in [0.15, 0.2) is 71.5 Å². The van der Waals surface area contributed by atoms with Gasteiger partial charge < -0.3 is 14.8 Å². The Hall–Kier alpha value is -3.44. The lowest BCUT2D eigenvalue weighted by atomic mass is 9.93. The zero-order valence-corrected chi connectivity index (χ0v) is 16.7. The molecule has 1 saturated carbocycles. The fraction of sp³-hybridized carbons (Fsp3) is 0.200. The summed E-state index contributed by atoms with van der Waals surface area (Å²) in [4.78, 5) is 17.5. The fourth-order valence-corrected chi connectivity index (χ4v) is 4.04. The summed E-state index contributed by atoms with van der Waals surface area (Å²) in [5, 5.41) is 12.4. The third-order valence-electron chi connectivity index (χ3n) is 6.10. The molecule has 1 amide bonds. The quantitative estimate of drug-likeness (QED) is 0.482. The zero-order valence-electron chi connectivity index (χ0n) is 16.7. The molecule has 0 spiro atoms. The molecule has 0 bridgehead atoms. The number of aliphatic hydroxyl groups excluding tert-OH is 1. The summed E-state index contributed by atoms with van der Waals surface area (Å²) in [5.41, 5.74) is 6.81. The fourth-order valence-electron chi connectivity index (χ4n) is 4.04. The molecule has 1 heterocycles. The molecule has 2 N–H and O–H groups in total. The average Bonchev–Trinajstić information content (AvgIpc) is 3.46. The molecule has 0 saturated heterocycles. The van der Waals surface area contributed by atoms with Gasteiger partial charge in [-0.3, -0.25) is 4.79 Å². The van der Waals surface area contributed by atoms with Gasteiger partial charge in [0.05, 0.1) is 12.0 Å². The molecule has 3 aromatic carbocycles. The maximum atomic E-state index is 13.3. The van der Waals surface area contributed by atoms with Crippen molar-refractivity contribution in [3.8, 4) is 11.1 Å². The van der Waals surface area contributed by atoms with Gasteiger partial charge in [-0.2, -0.15) is 0 Å². The van der Waals surface area contributed by atoms with Gasteiger partial charge in [-0.1, -0.05) is 42.5 Å². The highest BCUT2D eigenvalue weighted by Gasteiger charge is 2.51. The topological polar surface area (TPSA) is 75.4 Å². The van der Waals surface area contributed by atoms with E-state index in [1.807, 2.05) is 67.6 Å². The van der Waals surface area contributed by atoms with Crippen LogP contribution in [-0.2, 0) is 16.8 Å². The highest BCUT2D eigenvalue weighted by molar-refractivity contribution is 6.02. The number of fused-ring (bicyclic) bond motifs is 1. The van der Waals surface area contributed by atoms with Gasteiger partial charge in [0.25, 0.3) is 0 Å².